The first kappa shape index (κ1) is 20.8. The lowest BCUT2D eigenvalue weighted by Gasteiger charge is -2.36. The Morgan fingerprint density at radius 2 is 1.75 bits per heavy atom. The predicted octanol–water partition coefficient (Wildman–Crippen LogP) is 5.74. The van der Waals surface area contributed by atoms with Crippen LogP contribution in [-0.4, -0.2) is 42.0 Å². The summed E-state index contributed by atoms with van der Waals surface area (Å²) in [6.07, 6.45) is -4.37. The molecule has 164 valence electrons. The van der Waals surface area contributed by atoms with Gasteiger partial charge in [-0.15, -0.1) is 11.3 Å². The third kappa shape index (κ3) is 3.90. The summed E-state index contributed by atoms with van der Waals surface area (Å²) in [5, 5.41) is 1.99. The zero-order chi connectivity index (χ0) is 22.5. The van der Waals surface area contributed by atoms with Gasteiger partial charge in [0.2, 0.25) is 0 Å². The summed E-state index contributed by atoms with van der Waals surface area (Å²) in [6.45, 7) is 3.92. The van der Waals surface area contributed by atoms with Crippen molar-refractivity contribution < 1.29 is 18.0 Å². The van der Waals surface area contributed by atoms with Gasteiger partial charge in [-0.2, -0.15) is 13.2 Å². The second-order valence-electron chi connectivity index (χ2n) is 8.02. The maximum absolute atomic E-state index is 13.1. The van der Waals surface area contributed by atoms with Gasteiger partial charge in [-0.1, -0.05) is 17.7 Å². The summed E-state index contributed by atoms with van der Waals surface area (Å²) in [5.41, 5.74) is 1.93. The number of hydrogen-bond donors (Lipinski definition) is 0. The highest BCUT2D eigenvalue weighted by molar-refractivity contribution is 7.20. The number of nitrogens with zero attached hydrogens (tertiary/aromatic N) is 3. The van der Waals surface area contributed by atoms with E-state index in [9.17, 15) is 18.0 Å². The van der Waals surface area contributed by atoms with E-state index in [1.54, 1.807) is 11.0 Å². The molecule has 0 aliphatic carbocycles. The summed E-state index contributed by atoms with van der Waals surface area (Å²) in [6, 6.07) is 15.4. The molecule has 4 aromatic rings. The van der Waals surface area contributed by atoms with E-state index in [1.165, 1.54) is 23.5 Å². The molecule has 0 N–H and O–H groups in total. The maximum atomic E-state index is 13.1. The van der Waals surface area contributed by atoms with E-state index in [1.807, 2.05) is 30.0 Å². The van der Waals surface area contributed by atoms with E-state index in [-0.39, 0.29) is 5.91 Å². The molecule has 5 rings (SSSR count). The largest absolute Gasteiger partial charge is 0.416 e. The average Bonchev–Trinajstić information content (AvgIpc) is 3.19. The van der Waals surface area contributed by atoms with Gasteiger partial charge in [0, 0.05) is 42.6 Å². The van der Waals surface area contributed by atoms with E-state index in [4.69, 9.17) is 4.98 Å². The van der Waals surface area contributed by atoms with Crippen molar-refractivity contribution in [2.45, 2.75) is 13.1 Å². The Morgan fingerprint density at radius 1 is 0.969 bits per heavy atom. The average molecular weight is 456 g/mol. The molecule has 1 saturated heterocycles. The van der Waals surface area contributed by atoms with Crippen LogP contribution >= 0.6 is 11.3 Å². The number of halogens is 3. The normalized spacial score (nSPS) is 15.0. The standard InChI is InChI=1S/C24H20F3N3OS/c1-15-5-6-20-16(11-15)12-17-13-21(32-22(17)28-20)23(31)30-9-7-29(8-10-30)19-4-2-3-18(14-19)24(25,26)27/h2-6,11-14H,7-10H2,1H3. The number of piperazine rings is 1. The SMILES string of the molecule is Cc1ccc2nc3sc(C(=O)N4CCN(c5cccc(C(F)(F)F)c5)CC4)cc3cc2c1. The Balaban J connectivity index is 1.32. The van der Waals surface area contributed by atoms with Gasteiger partial charge < -0.3 is 9.80 Å². The van der Waals surface area contributed by atoms with Crippen LogP contribution in [0.3, 0.4) is 0 Å². The number of alkyl halides is 3. The molecule has 3 heterocycles. The Kier molecular flexibility index (Phi) is 5.04. The number of carbonyl (C=O) groups excluding carboxylic acids is 1. The van der Waals surface area contributed by atoms with Crippen molar-refractivity contribution in [1.29, 1.82) is 0 Å². The minimum Gasteiger partial charge on any atom is -0.368 e. The second-order valence-corrected chi connectivity index (χ2v) is 9.05. The Labute approximate surface area is 186 Å². The van der Waals surface area contributed by atoms with Crippen molar-refractivity contribution >= 4 is 44.1 Å². The van der Waals surface area contributed by atoms with Crippen molar-refractivity contribution in [3.63, 3.8) is 0 Å². The third-order valence-electron chi connectivity index (χ3n) is 5.77. The van der Waals surface area contributed by atoms with Crippen molar-refractivity contribution in [1.82, 2.24) is 9.88 Å². The topological polar surface area (TPSA) is 36.4 Å². The summed E-state index contributed by atoms with van der Waals surface area (Å²) < 4.78 is 39.0. The van der Waals surface area contributed by atoms with Gasteiger partial charge in [-0.3, -0.25) is 4.79 Å². The fourth-order valence-corrected chi connectivity index (χ4v) is 5.05. The maximum Gasteiger partial charge on any atom is 0.416 e. The van der Waals surface area contributed by atoms with Crippen molar-refractivity contribution in [2.75, 3.05) is 31.1 Å². The number of anilines is 1. The number of hydrogen-bond acceptors (Lipinski definition) is 4. The fourth-order valence-electron chi connectivity index (χ4n) is 4.06. The summed E-state index contributed by atoms with van der Waals surface area (Å²) in [7, 11) is 0. The second kappa shape index (κ2) is 7.78. The number of fused-ring (bicyclic) bond motifs is 2. The number of aromatic nitrogens is 1. The summed E-state index contributed by atoms with van der Waals surface area (Å²) in [5.74, 6) is -0.0584. The van der Waals surface area contributed by atoms with Crippen LogP contribution in [0.15, 0.2) is 54.6 Å². The number of benzene rings is 2. The van der Waals surface area contributed by atoms with Gasteiger partial charge in [-0.25, -0.2) is 4.98 Å². The smallest absolute Gasteiger partial charge is 0.368 e. The molecule has 0 unspecified atom stereocenters. The molecule has 1 aliphatic rings. The van der Waals surface area contributed by atoms with Gasteiger partial charge >= 0.3 is 6.18 Å². The van der Waals surface area contributed by atoms with Gasteiger partial charge in [0.1, 0.15) is 4.83 Å². The van der Waals surface area contributed by atoms with Crippen LogP contribution in [0.4, 0.5) is 18.9 Å². The molecule has 0 bridgehead atoms. The first-order valence-electron chi connectivity index (χ1n) is 10.3. The lowest BCUT2D eigenvalue weighted by atomic mass is 10.1. The van der Waals surface area contributed by atoms with Gasteiger partial charge in [0.15, 0.2) is 0 Å². The molecule has 0 saturated carbocycles. The number of carbonyl (C=O) groups is 1. The number of thiophene rings is 1. The molecule has 4 nitrogen and oxygen atoms in total. The van der Waals surface area contributed by atoms with Crippen LogP contribution in [0.5, 0.6) is 0 Å². The van der Waals surface area contributed by atoms with Crippen LogP contribution in [-0.2, 0) is 6.18 Å². The van der Waals surface area contributed by atoms with E-state index in [0.717, 1.165) is 32.7 Å². The van der Waals surface area contributed by atoms with Gasteiger partial charge in [-0.05, 0) is 49.4 Å². The number of pyridine rings is 1. The molecule has 1 aliphatic heterocycles. The molecule has 32 heavy (non-hydrogen) atoms. The molecule has 2 aromatic carbocycles. The lowest BCUT2D eigenvalue weighted by molar-refractivity contribution is -0.137. The number of rotatable bonds is 2. The molecule has 8 heteroatoms. The van der Waals surface area contributed by atoms with Crippen LogP contribution < -0.4 is 4.90 Å². The van der Waals surface area contributed by atoms with Crippen molar-refractivity contribution in [3.8, 4) is 0 Å². The lowest BCUT2D eigenvalue weighted by Crippen LogP contribution is -2.48. The zero-order valence-corrected chi connectivity index (χ0v) is 18.1. The first-order valence-corrected chi connectivity index (χ1v) is 11.1. The molecular formula is C24H20F3N3OS. The van der Waals surface area contributed by atoms with Crippen LogP contribution in [0.25, 0.3) is 21.1 Å². The Morgan fingerprint density at radius 3 is 2.50 bits per heavy atom. The monoisotopic (exact) mass is 455 g/mol. The molecule has 1 fully saturated rings. The van der Waals surface area contributed by atoms with E-state index in [2.05, 4.69) is 12.1 Å². The first-order chi connectivity index (χ1) is 15.3. The van der Waals surface area contributed by atoms with Crippen LogP contribution in [0, 0.1) is 6.92 Å². The van der Waals surface area contributed by atoms with E-state index >= 15 is 0 Å². The highest BCUT2D eigenvalue weighted by Crippen LogP contribution is 2.32. The molecule has 2 aromatic heterocycles. The van der Waals surface area contributed by atoms with E-state index in [0.29, 0.717) is 36.7 Å². The van der Waals surface area contributed by atoms with Crippen molar-refractivity contribution in [3.05, 3.63) is 70.6 Å². The minimum atomic E-state index is -4.37. The van der Waals surface area contributed by atoms with Gasteiger partial charge in [0.25, 0.3) is 5.91 Å². The molecular weight excluding hydrogens is 435 g/mol. The minimum absolute atomic E-state index is 0.0584. The fraction of sp³-hybridized carbons (Fsp3) is 0.250. The molecule has 0 atom stereocenters. The predicted molar refractivity (Wildman–Crippen MR) is 121 cm³/mol. The third-order valence-corrected chi connectivity index (χ3v) is 6.81. The summed E-state index contributed by atoms with van der Waals surface area (Å²) >= 11 is 1.38. The Bertz CT molecular complexity index is 1320. The number of aryl methyl sites for hydroxylation is 1. The number of amides is 1. The molecule has 0 spiro atoms. The summed E-state index contributed by atoms with van der Waals surface area (Å²) in [4.78, 5) is 22.9. The quantitative estimate of drug-likeness (QED) is 0.387. The van der Waals surface area contributed by atoms with Crippen LogP contribution in [0.2, 0.25) is 0 Å². The highest BCUT2D eigenvalue weighted by atomic mass is 32.1. The highest BCUT2D eigenvalue weighted by Gasteiger charge is 2.31. The van der Waals surface area contributed by atoms with E-state index < -0.39 is 11.7 Å². The Hall–Kier alpha value is -3.13. The van der Waals surface area contributed by atoms with Gasteiger partial charge in [0.05, 0.1) is 16.0 Å². The zero-order valence-electron chi connectivity index (χ0n) is 17.3. The van der Waals surface area contributed by atoms with Crippen LogP contribution in [0.1, 0.15) is 20.8 Å². The van der Waals surface area contributed by atoms with Crippen molar-refractivity contribution in [2.24, 2.45) is 0 Å². The molecule has 1 amide bonds. The molecule has 0 radical (unpaired) electrons.